The van der Waals surface area contributed by atoms with E-state index in [1.165, 1.54) is 0 Å². The van der Waals surface area contributed by atoms with Crippen molar-refractivity contribution >= 4 is 5.69 Å². The van der Waals surface area contributed by atoms with Gasteiger partial charge in [-0.15, -0.1) is 0 Å². The highest BCUT2D eigenvalue weighted by Gasteiger charge is 1.87. The summed E-state index contributed by atoms with van der Waals surface area (Å²) in [5.74, 6) is 0. The first-order valence-electron chi connectivity index (χ1n) is 2.50. The molecule has 0 saturated heterocycles. The van der Waals surface area contributed by atoms with Gasteiger partial charge >= 0.3 is 0 Å². The van der Waals surface area contributed by atoms with Crippen molar-refractivity contribution in [3.63, 3.8) is 0 Å². The van der Waals surface area contributed by atoms with Gasteiger partial charge in [0.05, 0.1) is 11.6 Å². The number of rotatable bonds is 0. The average molecular weight is 117 g/mol. The summed E-state index contributed by atoms with van der Waals surface area (Å²) in [6.45, 7) is 0. The molecular weight excluding hydrogens is 112 g/mol. The van der Waals surface area contributed by atoms with Crippen LogP contribution in [0, 0.1) is 17.4 Å². The molecule has 0 unspecified atom stereocenters. The average Bonchev–Trinajstić information content (AvgIpc) is 1.88. The van der Waals surface area contributed by atoms with E-state index in [1.807, 2.05) is 6.07 Å². The van der Waals surface area contributed by atoms with E-state index >= 15 is 0 Å². The Labute approximate surface area is 53.5 Å². The minimum absolute atomic E-state index is 0.508. The van der Waals surface area contributed by atoms with Gasteiger partial charge in [0.15, 0.2) is 0 Å². The summed E-state index contributed by atoms with van der Waals surface area (Å²) in [5, 5.41) is 8.34. The molecule has 43 valence electrons. The highest BCUT2D eigenvalue weighted by Crippen LogP contribution is 2.02. The zero-order chi connectivity index (χ0) is 6.69. The van der Waals surface area contributed by atoms with Crippen LogP contribution in [0.25, 0.3) is 0 Å². The predicted octanol–water partition coefficient (Wildman–Crippen LogP) is 0.941. The fourth-order valence-electron chi connectivity index (χ4n) is 0.555. The molecule has 0 spiro atoms. The maximum absolute atomic E-state index is 8.34. The van der Waals surface area contributed by atoms with Gasteiger partial charge in [-0.3, -0.25) is 0 Å². The van der Waals surface area contributed by atoms with Crippen LogP contribution in [-0.4, -0.2) is 0 Å². The predicted molar refractivity (Wildman–Crippen MR) is 34.4 cm³/mol. The molecule has 1 radical (unpaired) electrons. The SMILES string of the molecule is N#Cc1cc[c]c(N)c1. The summed E-state index contributed by atoms with van der Waals surface area (Å²) in [4.78, 5) is 0. The second-order valence-electron chi connectivity index (χ2n) is 1.64. The largest absolute Gasteiger partial charge is 0.398 e. The first-order valence-corrected chi connectivity index (χ1v) is 2.50. The van der Waals surface area contributed by atoms with Crippen LogP contribution in [0.3, 0.4) is 0 Å². The van der Waals surface area contributed by atoms with E-state index in [0.717, 1.165) is 0 Å². The molecule has 0 amide bonds. The molecule has 1 aromatic carbocycles. The Morgan fingerprint density at radius 3 is 2.89 bits per heavy atom. The second-order valence-corrected chi connectivity index (χ2v) is 1.64. The van der Waals surface area contributed by atoms with Crippen LogP contribution in [-0.2, 0) is 0 Å². The first kappa shape index (κ1) is 5.64. The molecule has 0 aliphatic carbocycles. The van der Waals surface area contributed by atoms with Gasteiger partial charge in [0, 0.05) is 11.8 Å². The Bertz CT molecular complexity index is 247. The zero-order valence-electron chi connectivity index (χ0n) is 4.76. The number of hydrogen-bond donors (Lipinski definition) is 1. The van der Waals surface area contributed by atoms with Crippen molar-refractivity contribution < 1.29 is 0 Å². The normalized spacial score (nSPS) is 8.33. The maximum Gasteiger partial charge on any atom is 0.0992 e. The van der Waals surface area contributed by atoms with E-state index in [9.17, 15) is 0 Å². The first-order chi connectivity index (χ1) is 4.33. The molecule has 0 aliphatic heterocycles. The van der Waals surface area contributed by atoms with Crippen molar-refractivity contribution in [3.8, 4) is 6.07 Å². The molecule has 2 nitrogen and oxygen atoms in total. The fourth-order valence-corrected chi connectivity index (χ4v) is 0.555. The van der Waals surface area contributed by atoms with Crippen molar-refractivity contribution in [1.29, 1.82) is 5.26 Å². The minimum atomic E-state index is 0.508. The molecule has 0 aliphatic rings. The highest BCUT2D eigenvalue weighted by atomic mass is 14.5. The quantitative estimate of drug-likeness (QED) is 0.514. The number of anilines is 1. The number of benzene rings is 1. The van der Waals surface area contributed by atoms with Gasteiger partial charge in [0.2, 0.25) is 0 Å². The van der Waals surface area contributed by atoms with Crippen molar-refractivity contribution in [2.24, 2.45) is 0 Å². The number of nitrogens with two attached hydrogens (primary N) is 1. The molecule has 0 heterocycles. The van der Waals surface area contributed by atoms with Crippen LogP contribution in [0.15, 0.2) is 18.2 Å². The molecule has 2 heteroatoms. The van der Waals surface area contributed by atoms with Gasteiger partial charge in [0.1, 0.15) is 0 Å². The zero-order valence-corrected chi connectivity index (χ0v) is 4.76. The van der Waals surface area contributed by atoms with E-state index in [-0.39, 0.29) is 0 Å². The lowest BCUT2D eigenvalue weighted by atomic mass is 10.2. The summed E-state index contributed by atoms with van der Waals surface area (Å²) >= 11 is 0. The minimum Gasteiger partial charge on any atom is -0.398 e. The number of nitrogen functional groups attached to an aromatic ring is 1. The lowest BCUT2D eigenvalue weighted by molar-refractivity contribution is 1.48. The summed E-state index contributed by atoms with van der Waals surface area (Å²) in [6, 6.07) is 9.58. The second kappa shape index (κ2) is 2.19. The van der Waals surface area contributed by atoms with E-state index in [1.54, 1.807) is 18.2 Å². The number of hydrogen-bond acceptors (Lipinski definition) is 2. The van der Waals surface area contributed by atoms with E-state index in [2.05, 4.69) is 6.07 Å². The van der Waals surface area contributed by atoms with Crippen molar-refractivity contribution in [2.75, 3.05) is 5.73 Å². The maximum atomic E-state index is 8.34. The molecule has 0 aromatic heterocycles. The monoisotopic (exact) mass is 117 g/mol. The molecule has 0 fully saturated rings. The Hall–Kier alpha value is -1.49. The highest BCUT2D eigenvalue weighted by molar-refractivity contribution is 5.43. The summed E-state index contributed by atoms with van der Waals surface area (Å²) < 4.78 is 0. The molecule has 9 heavy (non-hydrogen) atoms. The lowest BCUT2D eigenvalue weighted by Gasteiger charge is -1.88. The van der Waals surface area contributed by atoms with Gasteiger partial charge in [-0.1, -0.05) is 6.07 Å². The van der Waals surface area contributed by atoms with E-state index in [4.69, 9.17) is 11.0 Å². The summed E-state index contributed by atoms with van der Waals surface area (Å²) in [7, 11) is 0. The third-order valence-electron chi connectivity index (χ3n) is 0.953. The van der Waals surface area contributed by atoms with Gasteiger partial charge in [0.25, 0.3) is 0 Å². The third kappa shape index (κ3) is 1.20. The Morgan fingerprint density at radius 2 is 2.44 bits per heavy atom. The molecule has 1 aromatic rings. The topological polar surface area (TPSA) is 49.8 Å². The van der Waals surface area contributed by atoms with E-state index < -0.39 is 0 Å². The van der Waals surface area contributed by atoms with Crippen molar-refractivity contribution in [2.45, 2.75) is 0 Å². The Balaban J connectivity index is 3.12. The van der Waals surface area contributed by atoms with Gasteiger partial charge in [-0.05, 0) is 12.1 Å². The van der Waals surface area contributed by atoms with Gasteiger partial charge < -0.3 is 5.73 Å². The third-order valence-corrected chi connectivity index (χ3v) is 0.953. The van der Waals surface area contributed by atoms with Crippen LogP contribution in [0.5, 0.6) is 0 Å². The molecule has 2 N–H and O–H groups in total. The Morgan fingerprint density at radius 1 is 1.67 bits per heavy atom. The molecule has 1 rings (SSSR count). The molecule has 0 bridgehead atoms. The molecule has 0 saturated carbocycles. The fraction of sp³-hybridized carbons (Fsp3) is 0. The van der Waals surface area contributed by atoms with Gasteiger partial charge in [-0.2, -0.15) is 5.26 Å². The van der Waals surface area contributed by atoms with Crippen LogP contribution in [0.4, 0.5) is 5.69 Å². The lowest BCUT2D eigenvalue weighted by Crippen LogP contribution is -1.84. The molecular formula is C7H5N2. The van der Waals surface area contributed by atoms with E-state index in [0.29, 0.717) is 11.3 Å². The van der Waals surface area contributed by atoms with Crippen molar-refractivity contribution in [1.82, 2.24) is 0 Å². The van der Waals surface area contributed by atoms with Crippen LogP contribution in [0.2, 0.25) is 0 Å². The molecule has 0 atom stereocenters. The Kier molecular flexibility index (Phi) is 1.37. The van der Waals surface area contributed by atoms with Crippen LogP contribution in [0.1, 0.15) is 5.56 Å². The smallest absolute Gasteiger partial charge is 0.0992 e. The van der Waals surface area contributed by atoms with Crippen LogP contribution >= 0.6 is 0 Å². The summed E-state index contributed by atoms with van der Waals surface area (Å²) in [5.41, 5.74) is 6.41. The van der Waals surface area contributed by atoms with Crippen molar-refractivity contribution in [3.05, 3.63) is 29.8 Å². The standard InChI is InChI=1S/C7H5N2/c8-5-6-2-1-3-7(9)4-6/h1-2,4H,9H2. The van der Waals surface area contributed by atoms with Crippen LogP contribution < -0.4 is 5.73 Å². The number of nitriles is 1. The van der Waals surface area contributed by atoms with Gasteiger partial charge in [-0.25, -0.2) is 0 Å². The number of nitrogens with zero attached hydrogens (tertiary/aromatic N) is 1. The summed E-state index contributed by atoms with van der Waals surface area (Å²) in [6.07, 6.45) is 0.